The molecule has 0 bridgehead atoms. The molecular formula is C13H14FNO3. The molecule has 0 spiro atoms. The summed E-state index contributed by atoms with van der Waals surface area (Å²) in [6.07, 6.45) is 2.82. The predicted molar refractivity (Wildman–Crippen MR) is 63.1 cm³/mol. The molecule has 1 amide bonds. The molecule has 0 aliphatic heterocycles. The van der Waals surface area contributed by atoms with Crippen molar-refractivity contribution in [3.63, 3.8) is 0 Å². The molecule has 0 heterocycles. The third-order valence-electron chi connectivity index (χ3n) is 3.33. The molecule has 1 aromatic rings. The van der Waals surface area contributed by atoms with Crippen molar-refractivity contribution in [2.45, 2.75) is 31.7 Å². The van der Waals surface area contributed by atoms with Crippen molar-refractivity contribution < 1.29 is 19.1 Å². The van der Waals surface area contributed by atoms with Crippen molar-refractivity contribution in [1.82, 2.24) is 5.32 Å². The lowest BCUT2D eigenvalue weighted by Crippen LogP contribution is -2.51. The van der Waals surface area contributed by atoms with E-state index in [0.717, 1.165) is 25.3 Å². The maximum Gasteiger partial charge on any atom is 0.335 e. The van der Waals surface area contributed by atoms with Crippen molar-refractivity contribution in [1.29, 1.82) is 0 Å². The van der Waals surface area contributed by atoms with E-state index in [0.29, 0.717) is 0 Å². The molecule has 0 atom stereocenters. The highest BCUT2D eigenvalue weighted by Crippen LogP contribution is 2.31. The predicted octanol–water partition coefficient (Wildman–Crippen LogP) is 2.20. The number of nitrogens with one attached hydrogen (secondary N) is 1. The molecule has 0 aromatic heterocycles. The minimum atomic E-state index is -1.22. The standard InChI is InChI=1S/C13H14FNO3/c1-13(5-2-6-13)15-11(16)9-4-3-8(12(17)18)7-10(9)14/h3-4,7H,2,5-6H2,1H3,(H,15,16)(H,17,18). The van der Waals surface area contributed by atoms with Crippen LogP contribution in [-0.2, 0) is 0 Å². The van der Waals surface area contributed by atoms with Gasteiger partial charge in [0.05, 0.1) is 11.1 Å². The Morgan fingerprint density at radius 2 is 2.06 bits per heavy atom. The Morgan fingerprint density at radius 3 is 2.50 bits per heavy atom. The Kier molecular flexibility index (Phi) is 3.07. The second-order valence-corrected chi connectivity index (χ2v) is 4.87. The summed E-state index contributed by atoms with van der Waals surface area (Å²) in [5.41, 5.74) is -0.540. The molecule has 1 saturated carbocycles. The van der Waals surface area contributed by atoms with Gasteiger partial charge in [0.2, 0.25) is 0 Å². The topological polar surface area (TPSA) is 66.4 Å². The van der Waals surface area contributed by atoms with E-state index >= 15 is 0 Å². The Bertz CT molecular complexity index is 509. The average Bonchev–Trinajstić information content (AvgIpc) is 2.26. The van der Waals surface area contributed by atoms with E-state index in [1.54, 1.807) is 0 Å². The van der Waals surface area contributed by atoms with Gasteiger partial charge in [-0.3, -0.25) is 4.79 Å². The number of aromatic carboxylic acids is 1. The maximum atomic E-state index is 13.6. The largest absolute Gasteiger partial charge is 0.478 e. The molecule has 4 nitrogen and oxygen atoms in total. The van der Waals surface area contributed by atoms with Gasteiger partial charge in [-0.25, -0.2) is 9.18 Å². The molecule has 18 heavy (non-hydrogen) atoms. The van der Waals surface area contributed by atoms with Gasteiger partial charge in [-0.1, -0.05) is 0 Å². The van der Waals surface area contributed by atoms with Crippen molar-refractivity contribution in [2.24, 2.45) is 0 Å². The smallest absolute Gasteiger partial charge is 0.335 e. The van der Waals surface area contributed by atoms with Crippen LogP contribution in [0.4, 0.5) is 4.39 Å². The molecule has 0 unspecified atom stereocenters. The van der Waals surface area contributed by atoms with Gasteiger partial charge < -0.3 is 10.4 Å². The number of carboxylic acid groups (broad SMARTS) is 1. The van der Waals surface area contributed by atoms with Crippen molar-refractivity contribution >= 4 is 11.9 Å². The summed E-state index contributed by atoms with van der Waals surface area (Å²) in [6.45, 7) is 1.91. The fraction of sp³-hybridized carbons (Fsp3) is 0.385. The lowest BCUT2D eigenvalue weighted by Gasteiger charge is -2.39. The highest BCUT2D eigenvalue weighted by Gasteiger charge is 2.33. The monoisotopic (exact) mass is 251 g/mol. The quantitative estimate of drug-likeness (QED) is 0.865. The molecule has 0 saturated heterocycles. The molecule has 96 valence electrons. The number of rotatable bonds is 3. The van der Waals surface area contributed by atoms with E-state index in [1.807, 2.05) is 6.92 Å². The summed E-state index contributed by atoms with van der Waals surface area (Å²) in [5, 5.41) is 11.5. The van der Waals surface area contributed by atoms with E-state index in [-0.39, 0.29) is 16.7 Å². The summed E-state index contributed by atoms with van der Waals surface area (Å²) >= 11 is 0. The molecule has 2 rings (SSSR count). The molecule has 1 fully saturated rings. The van der Waals surface area contributed by atoms with Crippen LogP contribution in [0, 0.1) is 5.82 Å². The van der Waals surface area contributed by atoms with Crippen LogP contribution >= 0.6 is 0 Å². The van der Waals surface area contributed by atoms with Gasteiger partial charge in [0.25, 0.3) is 5.91 Å². The van der Waals surface area contributed by atoms with E-state index in [4.69, 9.17) is 5.11 Å². The summed E-state index contributed by atoms with van der Waals surface area (Å²) < 4.78 is 13.6. The van der Waals surface area contributed by atoms with E-state index < -0.39 is 17.7 Å². The van der Waals surface area contributed by atoms with Crippen LogP contribution in [0.25, 0.3) is 0 Å². The number of carbonyl (C=O) groups is 2. The third kappa shape index (κ3) is 2.34. The lowest BCUT2D eigenvalue weighted by molar-refractivity contribution is 0.0694. The van der Waals surface area contributed by atoms with Gasteiger partial charge in [-0.15, -0.1) is 0 Å². The lowest BCUT2D eigenvalue weighted by atomic mass is 9.78. The van der Waals surface area contributed by atoms with Gasteiger partial charge in [-0.2, -0.15) is 0 Å². The van der Waals surface area contributed by atoms with E-state index in [9.17, 15) is 14.0 Å². The van der Waals surface area contributed by atoms with Gasteiger partial charge in [0.15, 0.2) is 0 Å². The van der Waals surface area contributed by atoms with Gasteiger partial charge in [-0.05, 0) is 44.4 Å². The molecule has 1 aliphatic rings. The first-order valence-electron chi connectivity index (χ1n) is 5.77. The van der Waals surface area contributed by atoms with Gasteiger partial charge >= 0.3 is 5.97 Å². The first-order chi connectivity index (χ1) is 8.41. The first kappa shape index (κ1) is 12.5. The maximum absolute atomic E-state index is 13.6. The van der Waals surface area contributed by atoms with Gasteiger partial charge in [0, 0.05) is 5.54 Å². The van der Waals surface area contributed by atoms with Crippen molar-refractivity contribution in [3.8, 4) is 0 Å². The Hall–Kier alpha value is -1.91. The summed E-state index contributed by atoms with van der Waals surface area (Å²) in [6, 6.07) is 3.29. The third-order valence-corrected chi connectivity index (χ3v) is 3.33. The average molecular weight is 251 g/mol. The number of benzene rings is 1. The minimum absolute atomic E-state index is 0.117. The minimum Gasteiger partial charge on any atom is -0.478 e. The zero-order valence-corrected chi connectivity index (χ0v) is 10.00. The summed E-state index contributed by atoms with van der Waals surface area (Å²) in [7, 11) is 0. The van der Waals surface area contributed by atoms with Crippen molar-refractivity contribution in [3.05, 3.63) is 35.1 Å². The molecular weight excluding hydrogens is 237 g/mol. The van der Waals surface area contributed by atoms with Crippen LogP contribution in [0.1, 0.15) is 46.9 Å². The van der Waals surface area contributed by atoms with Crippen LogP contribution in [-0.4, -0.2) is 22.5 Å². The second-order valence-electron chi connectivity index (χ2n) is 4.87. The number of hydrogen-bond acceptors (Lipinski definition) is 2. The first-order valence-corrected chi connectivity index (χ1v) is 5.77. The molecule has 1 aromatic carbocycles. The number of halogens is 1. The van der Waals surface area contributed by atoms with Crippen molar-refractivity contribution in [2.75, 3.05) is 0 Å². The van der Waals surface area contributed by atoms with E-state index in [1.165, 1.54) is 12.1 Å². The van der Waals surface area contributed by atoms with Crippen LogP contribution in [0.15, 0.2) is 18.2 Å². The highest BCUT2D eigenvalue weighted by atomic mass is 19.1. The molecule has 2 N–H and O–H groups in total. The normalized spacial score (nSPS) is 16.8. The number of carboxylic acids is 1. The summed E-state index contributed by atoms with van der Waals surface area (Å²) in [5.74, 6) is -2.52. The van der Waals surface area contributed by atoms with Crippen LogP contribution in [0.3, 0.4) is 0 Å². The Balaban J connectivity index is 2.18. The Labute approximate surface area is 104 Å². The van der Waals surface area contributed by atoms with Gasteiger partial charge in [0.1, 0.15) is 5.82 Å². The number of hydrogen-bond donors (Lipinski definition) is 2. The number of amides is 1. The molecule has 0 radical (unpaired) electrons. The molecule has 5 heteroatoms. The van der Waals surface area contributed by atoms with Crippen LogP contribution in [0.5, 0.6) is 0 Å². The second kappa shape index (κ2) is 4.40. The molecule has 1 aliphatic carbocycles. The van der Waals surface area contributed by atoms with Crippen LogP contribution < -0.4 is 5.32 Å². The number of carbonyl (C=O) groups excluding carboxylic acids is 1. The SMILES string of the molecule is CC1(NC(=O)c2ccc(C(=O)O)cc2F)CCC1. The fourth-order valence-electron chi connectivity index (χ4n) is 2.01. The highest BCUT2D eigenvalue weighted by molar-refractivity contribution is 5.96. The zero-order valence-electron chi connectivity index (χ0n) is 10.00. The fourth-order valence-corrected chi connectivity index (χ4v) is 2.01. The summed E-state index contributed by atoms with van der Waals surface area (Å²) in [4.78, 5) is 22.5. The zero-order chi connectivity index (χ0) is 13.3. The Morgan fingerprint density at radius 1 is 1.39 bits per heavy atom. The van der Waals surface area contributed by atoms with E-state index in [2.05, 4.69) is 5.32 Å². The van der Waals surface area contributed by atoms with Crippen LogP contribution in [0.2, 0.25) is 0 Å².